The van der Waals surface area contributed by atoms with Crippen molar-refractivity contribution in [3.63, 3.8) is 0 Å². The molecule has 0 spiro atoms. The number of nitrogens with zero attached hydrogens (tertiary/aromatic N) is 2. The van der Waals surface area contributed by atoms with Crippen LogP contribution in [0, 0.1) is 12.7 Å². The van der Waals surface area contributed by atoms with Gasteiger partial charge in [0.2, 0.25) is 21.8 Å². The molecule has 3 N–H and O–H groups in total. The quantitative estimate of drug-likeness (QED) is 0.413. The Bertz CT molecular complexity index is 1620. The maximum Gasteiger partial charge on any atom is 0.341 e. The minimum Gasteiger partial charge on any atom is -0.481 e. The van der Waals surface area contributed by atoms with Gasteiger partial charge >= 0.3 is 11.6 Å². The lowest BCUT2D eigenvalue weighted by molar-refractivity contribution is 0.246. The number of rotatable bonds is 8. The minimum atomic E-state index is -4.07. The number of hydrogen-bond donors (Lipinski definition) is 2. The summed E-state index contributed by atoms with van der Waals surface area (Å²) in [5.41, 5.74) is 6.12. The van der Waals surface area contributed by atoms with E-state index in [1.807, 2.05) is 6.08 Å². The maximum absolute atomic E-state index is 15.2. The summed E-state index contributed by atoms with van der Waals surface area (Å²) < 4.78 is 63.2. The molecule has 0 amide bonds. The first-order valence-electron chi connectivity index (χ1n) is 11.1. The fraction of sp³-hybridized carbons (Fsp3) is 0.292. The van der Waals surface area contributed by atoms with Crippen molar-refractivity contribution in [3.8, 4) is 17.8 Å². The van der Waals surface area contributed by atoms with Gasteiger partial charge in [-0.25, -0.2) is 22.3 Å². The highest BCUT2D eigenvalue weighted by Crippen LogP contribution is 2.26. The van der Waals surface area contributed by atoms with Crippen LogP contribution in [0.5, 0.6) is 17.8 Å². The number of nitrogens with two attached hydrogens (primary N) is 1. The average Bonchev–Trinajstić information content (AvgIpc) is 2.88. The Morgan fingerprint density at radius 1 is 1.22 bits per heavy atom. The van der Waals surface area contributed by atoms with Crippen LogP contribution in [-0.2, 0) is 10.0 Å². The molecule has 2 atom stereocenters. The van der Waals surface area contributed by atoms with E-state index in [9.17, 15) is 13.2 Å². The van der Waals surface area contributed by atoms with Crippen molar-refractivity contribution >= 4 is 22.2 Å². The lowest BCUT2D eigenvalue weighted by Gasteiger charge is -2.19. The number of hydrogen-bond acceptors (Lipinski definition) is 10. The van der Waals surface area contributed by atoms with Crippen LogP contribution in [0.15, 0.2) is 38.4 Å². The molecule has 13 heteroatoms. The molecule has 2 heterocycles. The highest BCUT2D eigenvalue weighted by molar-refractivity contribution is 7.89. The summed E-state index contributed by atoms with van der Waals surface area (Å²) in [6.45, 7) is 1.67. The average molecular weight is 533 g/mol. The molecule has 37 heavy (non-hydrogen) atoms. The van der Waals surface area contributed by atoms with Crippen molar-refractivity contribution in [1.82, 2.24) is 14.7 Å². The Kier molecular flexibility index (Phi) is 7.30. The third-order valence-corrected chi connectivity index (χ3v) is 7.34. The Hall–Kier alpha value is -3.81. The summed E-state index contributed by atoms with van der Waals surface area (Å²) in [5.74, 6) is -0.589. The van der Waals surface area contributed by atoms with Crippen molar-refractivity contribution in [2.45, 2.75) is 30.4 Å². The number of ether oxygens (including phenoxy) is 3. The van der Waals surface area contributed by atoms with Crippen molar-refractivity contribution in [1.29, 1.82) is 0 Å². The van der Waals surface area contributed by atoms with E-state index in [0.717, 1.165) is 6.07 Å². The lowest BCUT2D eigenvalue weighted by atomic mass is 9.95. The molecule has 196 valence electrons. The van der Waals surface area contributed by atoms with Crippen LogP contribution in [0.4, 0.5) is 4.39 Å². The summed E-state index contributed by atoms with van der Waals surface area (Å²) >= 11 is 0. The number of nitrogens with one attached hydrogen (secondary N) is 1. The first-order chi connectivity index (χ1) is 17.6. The smallest absolute Gasteiger partial charge is 0.341 e. The largest absolute Gasteiger partial charge is 0.481 e. The summed E-state index contributed by atoms with van der Waals surface area (Å²) in [6.07, 6.45) is 3.30. The van der Waals surface area contributed by atoms with Gasteiger partial charge in [0.05, 0.1) is 31.9 Å². The van der Waals surface area contributed by atoms with Crippen molar-refractivity contribution in [2.75, 3.05) is 21.3 Å². The first-order valence-corrected chi connectivity index (χ1v) is 12.5. The summed E-state index contributed by atoms with van der Waals surface area (Å²) in [6, 6.07) is 4.09. The van der Waals surface area contributed by atoms with Crippen LogP contribution in [0.2, 0.25) is 0 Å². The Labute approximate surface area is 211 Å². The van der Waals surface area contributed by atoms with Crippen molar-refractivity contribution in [2.24, 2.45) is 5.73 Å². The number of methoxy groups -OCH3 is 2. The number of aromatic nitrogens is 2. The molecule has 0 saturated carbocycles. The monoisotopic (exact) mass is 532 g/mol. The van der Waals surface area contributed by atoms with Gasteiger partial charge in [-0.2, -0.15) is 9.97 Å². The van der Waals surface area contributed by atoms with Gasteiger partial charge in [0, 0.05) is 17.2 Å². The Morgan fingerprint density at radius 3 is 2.62 bits per heavy atom. The van der Waals surface area contributed by atoms with Crippen LogP contribution >= 0.6 is 0 Å². The molecule has 0 saturated heterocycles. The fourth-order valence-electron chi connectivity index (χ4n) is 4.02. The van der Waals surface area contributed by atoms with Gasteiger partial charge in [-0.05, 0) is 31.7 Å². The SMILES string of the molecule is CNS(=O)(=O)c1cccc(C(N)c2c(C)c3c(oc2=O)=CC(Oc2cc(OC)nc(OC)n2)CC=3)c1F. The Balaban J connectivity index is 1.72. The molecular weight excluding hydrogens is 507 g/mol. The third kappa shape index (κ3) is 5.05. The predicted octanol–water partition coefficient (Wildman–Crippen LogP) is 0.263. The zero-order valence-electron chi connectivity index (χ0n) is 20.4. The predicted molar refractivity (Wildman–Crippen MR) is 131 cm³/mol. The van der Waals surface area contributed by atoms with Gasteiger partial charge in [-0.3, -0.25) is 0 Å². The van der Waals surface area contributed by atoms with Gasteiger partial charge in [-0.15, -0.1) is 0 Å². The van der Waals surface area contributed by atoms with E-state index >= 15 is 4.39 Å². The van der Waals surface area contributed by atoms with Gasteiger partial charge in [0.1, 0.15) is 22.2 Å². The third-order valence-electron chi connectivity index (χ3n) is 5.91. The molecule has 1 aliphatic carbocycles. The normalized spacial score (nSPS) is 15.7. The molecule has 2 unspecified atom stereocenters. The topological polar surface area (TPSA) is 156 Å². The summed E-state index contributed by atoms with van der Waals surface area (Å²) in [7, 11) is -0.0416. The van der Waals surface area contributed by atoms with E-state index in [4.69, 9.17) is 24.4 Å². The second-order valence-corrected chi connectivity index (χ2v) is 9.90. The maximum atomic E-state index is 15.2. The van der Waals surface area contributed by atoms with Gasteiger partial charge in [0.15, 0.2) is 0 Å². The zero-order chi connectivity index (χ0) is 26.9. The Morgan fingerprint density at radius 2 is 1.95 bits per heavy atom. The first kappa shape index (κ1) is 26.3. The second-order valence-electron chi connectivity index (χ2n) is 8.05. The van der Waals surface area contributed by atoms with Crippen LogP contribution in [0.3, 0.4) is 0 Å². The van der Waals surface area contributed by atoms with E-state index in [1.54, 1.807) is 13.0 Å². The molecule has 11 nitrogen and oxygen atoms in total. The number of fused-ring (bicyclic) bond motifs is 1. The number of benzene rings is 1. The zero-order valence-corrected chi connectivity index (χ0v) is 21.3. The molecule has 2 aromatic heterocycles. The van der Waals surface area contributed by atoms with E-state index in [2.05, 4.69) is 14.7 Å². The van der Waals surface area contributed by atoms with Gasteiger partial charge in [-0.1, -0.05) is 18.2 Å². The standard InChI is InChI=1S/C24H25FN4O7S/c1-12-14-9-8-13(35-19-11-18(33-3)28-24(29-19)34-4)10-16(14)36-23(30)20(12)22(26)15-6-5-7-17(21(15)25)37(31,32)27-2/h5-7,9-11,13,22,27H,8,26H2,1-4H3. The minimum absolute atomic E-state index is 0.0194. The fourth-order valence-corrected chi connectivity index (χ4v) is 4.85. The molecule has 1 aliphatic rings. The molecule has 0 aliphatic heterocycles. The highest BCUT2D eigenvalue weighted by atomic mass is 32.2. The molecule has 1 aromatic carbocycles. The molecule has 0 bridgehead atoms. The highest BCUT2D eigenvalue weighted by Gasteiger charge is 2.27. The van der Waals surface area contributed by atoms with E-state index in [0.29, 0.717) is 17.2 Å². The second kappa shape index (κ2) is 10.3. The summed E-state index contributed by atoms with van der Waals surface area (Å²) in [5, 5.41) is 0.599. The van der Waals surface area contributed by atoms with Crippen LogP contribution < -0.4 is 40.9 Å². The van der Waals surface area contributed by atoms with E-state index in [1.165, 1.54) is 39.5 Å². The van der Waals surface area contributed by atoms with Crippen LogP contribution in [0.1, 0.15) is 29.2 Å². The van der Waals surface area contributed by atoms with Gasteiger partial charge < -0.3 is 24.4 Å². The number of sulfonamides is 1. The van der Waals surface area contributed by atoms with Crippen LogP contribution in [0.25, 0.3) is 12.2 Å². The van der Waals surface area contributed by atoms with Crippen molar-refractivity contribution in [3.05, 3.63) is 67.8 Å². The van der Waals surface area contributed by atoms with Crippen molar-refractivity contribution < 1.29 is 31.4 Å². The molecular formula is C24H25FN4O7S. The van der Waals surface area contributed by atoms with Crippen LogP contribution in [-0.4, -0.2) is 45.8 Å². The molecule has 4 rings (SSSR count). The molecule has 0 radical (unpaired) electrons. The van der Waals surface area contributed by atoms with E-state index in [-0.39, 0.29) is 34.3 Å². The van der Waals surface area contributed by atoms with Gasteiger partial charge in [0.25, 0.3) is 0 Å². The summed E-state index contributed by atoms with van der Waals surface area (Å²) in [4.78, 5) is 20.6. The lowest BCUT2D eigenvalue weighted by Crippen LogP contribution is -2.40. The molecule has 3 aromatic rings. The number of halogens is 1. The van der Waals surface area contributed by atoms with E-state index < -0.39 is 38.5 Å². The molecule has 0 fully saturated rings.